The minimum atomic E-state index is -1.98. The molecular weight excluding hydrogens is 1380 g/mol. The number of allylic oxidation sites excluding steroid dienone is 5. The van der Waals surface area contributed by atoms with E-state index in [1.54, 1.807) is 6.08 Å². The number of unbranched alkanes of at least 4 members (excludes halogenated alkanes) is 55. The molecule has 0 saturated carbocycles. The van der Waals surface area contributed by atoms with E-state index in [0.717, 1.165) is 51.4 Å². The Balaban J connectivity index is 1.30. The number of ether oxygens (including phenoxy) is 6. The van der Waals surface area contributed by atoms with Crippen molar-refractivity contribution in [3.05, 3.63) is 36.5 Å². The summed E-state index contributed by atoms with van der Waals surface area (Å²) in [6.45, 7) is 1.80. The molecular formula is C90H169NO18. The Bertz CT molecular complexity index is 2100. The maximum atomic E-state index is 13.5. The van der Waals surface area contributed by atoms with Gasteiger partial charge in [-0.2, -0.15) is 0 Å². The molecule has 19 heteroatoms. The van der Waals surface area contributed by atoms with Gasteiger partial charge in [-0.25, -0.2) is 0 Å². The summed E-state index contributed by atoms with van der Waals surface area (Å²) < 4.78 is 34.5. The van der Waals surface area contributed by atoms with Crippen LogP contribution in [0.15, 0.2) is 36.5 Å². The molecule has 12 N–H and O–H groups in total. The minimum absolute atomic E-state index is 0.249. The topological polar surface area (TPSA) is 307 Å². The Hall–Kier alpha value is -1.99. The van der Waals surface area contributed by atoms with Gasteiger partial charge in [-0.05, 0) is 51.4 Å². The molecule has 3 rings (SSSR count). The van der Waals surface area contributed by atoms with Gasteiger partial charge in [0.15, 0.2) is 18.9 Å². The molecule has 17 atom stereocenters. The molecule has 642 valence electrons. The van der Waals surface area contributed by atoms with Crippen LogP contribution >= 0.6 is 0 Å². The summed E-state index contributed by atoms with van der Waals surface area (Å²) in [7, 11) is 0. The summed E-state index contributed by atoms with van der Waals surface area (Å²) in [6.07, 6.45) is 63.1. The van der Waals surface area contributed by atoms with E-state index in [2.05, 4.69) is 43.5 Å². The molecule has 0 aromatic carbocycles. The molecule has 3 saturated heterocycles. The number of amides is 1. The molecule has 0 aromatic heterocycles. The third kappa shape index (κ3) is 49.0. The molecule has 17 unspecified atom stereocenters. The molecule has 109 heavy (non-hydrogen) atoms. The average Bonchev–Trinajstić information content (AvgIpc) is 0.759. The Morgan fingerprint density at radius 1 is 0.330 bits per heavy atom. The van der Waals surface area contributed by atoms with E-state index in [1.165, 1.54) is 321 Å². The zero-order valence-corrected chi connectivity index (χ0v) is 69.3. The normalized spacial score (nSPS) is 25.4. The Morgan fingerprint density at radius 2 is 0.606 bits per heavy atom. The number of rotatable bonds is 75. The first-order chi connectivity index (χ1) is 53.3. The minimum Gasteiger partial charge on any atom is -0.394 e. The standard InChI is InChI=1S/C90H169NO18/c1-3-5-7-9-11-13-15-17-19-21-23-25-27-29-30-31-32-33-34-35-36-37-38-39-40-41-42-44-46-48-50-52-54-56-58-60-62-64-66-68-78(96)91-73(74(95)67-65-63-61-59-57-55-53-51-49-47-45-43-28-26-24-22-20-18-16-14-12-10-8-6-4-2)72-104-88-84(102)81(99)86(76(70-93)106-88)109-90-85(103)82(100)87(77(71-94)107-90)108-89-83(101)80(98)79(97)75(69-92)105-89/h15,17,21,23,65,67,73-77,79-90,92-95,97-103H,3-14,16,18-20,22,24-64,66,68-72H2,1-2H3,(H,91,96)/b17-15-,23-21-,67-65+. The van der Waals surface area contributed by atoms with Crippen LogP contribution in [0.1, 0.15) is 399 Å². The molecule has 3 fully saturated rings. The van der Waals surface area contributed by atoms with Crippen LogP contribution in [-0.4, -0.2) is 193 Å². The molecule has 0 aromatic rings. The first-order valence-electron chi connectivity index (χ1n) is 45.7. The zero-order chi connectivity index (χ0) is 78.8. The van der Waals surface area contributed by atoms with E-state index < -0.39 is 124 Å². The van der Waals surface area contributed by atoms with Crippen molar-refractivity contribution in [2.45, 2.75) is 503 Å². The Kier molecular flexibility index (Phi) is 65.2. The van der Waals surface area contributed by atoms with Crippen LogP contribution in [0.4, 0.5) is 0 Å². The van der Waals surface area contributed by atoms with Crippen LogP contribution in [0.3, 0.4) is 0 Å². The monoisotopic (exact) mass is 1550 g/mol. The van der Waals surface area contributed by atoms with Crippen LogP contribution in [0.5, 0.6) is 0 Å². The molecule has 3 aliphatic rings. The summed E-state index contributed by atoms with van der Waals surface area (Å²) in [5.41, 5.74) is 0. The van der Waals surface area contributed by atoms with Crippen LogP contribution in [0.2, 0.25) is 0 Å². The Morgan fingerprint density at radius 3 is 0.936 bits per heavy atom. The van der Waals surface area contributed by atoms with Crippen molar-refractivity contribution in [3.63, 3.8) is 0 Å². The maximum Gasteiger partial charge on any atom is 0.220 e. The first-order valence-corrected chi connectivity index (χ1v) is 45.7. The van der Waals surface area contributed by atoms with Crippen molar-refractivity contribution >= 4 is 5.91 Å². The smallest absolute Gasteiger partial charge is 0.220 e. The molecule has 0 spiro atoms. The van der Waals surface area contributed by atoms with Crippen molar-refractivity contribution in [2.24, 2.45) is 0 Å². The lowest BCUT2D eigenvalue weighted by Gasteiger charge is -2.48. The molecule has 0 bridgehead atoms. The van der Waals surface area contributed by atoms with E-state index in [-0.39, 0.29) is 18.9 Å². The fraction of sp³-hybridized carbons (Fsp3) is 0.922. The van der Waals surface area contributed by atoms with Gasteiger partial charge in [0.05, 0.1) is 38.6 Å². The van der Waals surface area contributed by atoms with Gasteiger partial charge in [0.25, 0.3) is 0 Å². The highest BCUT2D eigenvalue weighted by Gasteiger charge is 2.54. The van der Waals surface area contributed by atoms with E-state index >= 15 is 0 Å². The van der Waals surface area contributed by atoms with Crippen molar-refractivity contribution in [3.8, 4) is 0 Å². The second kappa shape index (κ2) is 70.2. The molecule has 0 radical (unpaired) electrons. The molecule has 1 amide bonds. The lowest BCUT2D eigenvalue weighted by molar-refractivity contribution is -0.379. The van der Waals surface area contributed by atoms with E-state index in [9.17, 15) is 61.0 Å². The third-order valence-corrected chi connectivity index (χ3v) is 22.9. The quantitative estimate of drug-likeness (QED) is 0.0199. The molecule has 0 aliphatic carbocycles. The number of hydrogen-bond donors (Lipinski definition) is 12. The molecule has 3 aliphatic heterocycles. The van der Waals surface area contributed by atoms with Crippen molar-refractivity contribution in [1.29, 1.82) is 0 Å². The summed E-state index contributed by atoms with van der Waals surface area (Å²) >= 11 is 0. The van der Waals surface area contributed by atoms with E-state index in [4.69, 9.17) is 28.4 Å². The van der Waals surface area contributed by atoms with Crippen LogP contribution in [0.25, 0.3) is 0 Å². The van der Waals surface area contributed by atoms with Crippen LogP contribution in [0, 0.1) is 0 Å². The van der Waals surface area contributed by atoms with Gasteiger partial charge >= 0.3 is 0 Å². The van der Waals surface area contributed by atoms with E-state index in [0.29, 0.717) is 6.42 Å². The predicted molar refractivity (Wildman–Crippen MR) is 439 cm³/mol. The largest absolute Gasteiger partial charge is 0.394 e. The van der Waals surface area contributed by atoms with E-state index in [1.807, 2.05) is 6.08 Å². The Labute approximate surface area is 663 Å². The zero-order valence-electron chi connectivity index (χ0n) is 69.3. The number of carbonyl (C=O) groups is 1. The van der Waals surface area contributed by atoms with Crippen molar-refractivity contribution in [1.82, 2.24) is 5.32 Å². The van der Waals surface area contributed by atoms with Gasteiger partial charge in [0, 0.05) is 6.42 Å². The van der Waals surface area contributed by atoms with Gasteiger partial charge in [-0.3, -0.25) is 4.79 Å². The number of nitrogens with one attached hydrogen (secondary N) is 1. The fourth-order valence-electron chi connectivity index (χ4n) is 15.6. The highest BCUT2D eigenvalue weighted by molar-refractivity contribution is 5.76. The maximum absolute atomic E-state index is 13.5. The number of hydrogen-bond acceptors (Lipinski definition) is 18. The first kappa shape index (κ1) is 101. The third-order valence-electron chi connectivity index (χ3n) is 22.9. The highest BCUT2D eigenvalue weighted by Crippen LogP contribution is 2.34. The summed E-state index contributed by atoms with van der Waals surface area (Å²) in [5, 5.41) is 121. The number of aliphatic hydroxyl groups is 11. The van der Waals surface area contributed by atoms with Crippen LogP contribution < -0.4 is 5.32 Å². The number of aliphatic hydroxyl groups excluding tert-OH is 11. The molecule has 19 nitrogen and oxygen atoms in total. The lowest BCUT2D eigenvalue weighted by atomic mass is 9.96. The molecule has 3 heterocycles. The van der Waals surface area contributed by atoms with Gasteiger partial charge < -0.3 is 89.9 Å². The lowest BCUT2D eigenvalue weighted by Crippen LogP contribution is -2.66. The fourth-order valence-corrected chi connectivity index (χ4v) is 15.6. The van der Waals surface area contributed by atoms with Gasteiger partial charge in [-0.1, -0.05) is 378 Å². The summed E-state index contributed by atoms with van der Waals surface area (Å²) in [5.74, 6) is -0.266. The van der Waals surface area contributed by atoms with Crippen molar-refractivity contribution in [2.75, 3.05) is 26.4 Å². The SMILES string of the molecule is CCCCCCC/C=C\C/C=C\CCCCCCCCCCCCCCCCCCCCCCCCCCCCCC(=O)NC(COC1OC(CO)C(OC2OC(CO)C(OC3OC(CO)C(O)C(O)C3O)C(O)C2O)C(O)C1O)C(O)/C=C/CCCCCCCCCCCCCCCCCCCCCCCCC. The second-order valence-electron chi connectivity index (χ2n) is 32.8. The average molecular weight is 1550 g/mol. The second-order valence-corrected chi connectivity index (χ2v) is 32.8. The summed E-state index contributed by atoms with van der Waals surface area (Å²) in [6, 6.07) is -0.973. The highest BCUT2D eigenvalue weighted by atomic mass is 16.8. The van der Waals surface area contributed by atoms with Gasteiger partial charge in [0.1, 0.15) is 73.2 Å². The van der Waals surface area contributed by atoms with Gasteiger partial charge in [-0.15, -0.1) is 0 Å². The predicted octanol–water partition coefficient (Wildman–Crippen LogP) is 17.4. The van der Waals surface area contributed by atoms with Crippen LogP contribution in [-0.2, 0) is 33.2 Å². The number of carbonyl (C=O) groups excluding carboxylic acids is 1. The van der Waals surface area contributed by atoms with Gasteiger partial charge in [0.2, 0.25) is 5.91 Å². The van der Waals surface area contributed by atoms with Crippen molar-refractivity contribution < 1.29 is 89.4 Å². The summed E-state index contributed by atoms with van der Waals surface area (Å²) in [4.78, 5) is 13.5.